The molecule has 0 atom stereocenters. The molecule has 0 aliphatic carbocycles. The Hall–Kier alpha value is -3.02. The van der Waals surface area contributed by atoms with Crippen molar-refractivity contribution in [1.82, 2.24) is 5.43 Å². The summed E-state index contributed by atoms with van der Waals surface area (Å²) >= 11 is 0. The number of benzene rings is 2. The lowest BCUT2D eigenvalue weighted by Gasteiger charge is -2.14. The first kappa shape index (κ1) is 18.3. The van der Waals surface area contributed by atoms with Gasteiger partial charge < -0.3 is 14.6 Å². The van der Waals surface area contributed by atoms with Crippen molar-refractivity contribution < 1.29 is 19.4 Å². The highest BCUT2D eigenvalue weighted by molar-refractivity contribution is 6.02. The minimum absolute atomic E-state index is 0.000578. The molecule has 0 radical (unpaired) electrons. The van der Waals surface area contributed by atoms with Crippen molar-refractivity contribution in [1.29, 1.82) is 0 Å². The molecule has 2 aromatic carbocycles. The van der Waals surface area contributed by atoms with Crippen molar-refractivity contribution in [2.75, 3.05) is 7.11 Å². The van der Waals surface area contributed by atoms with Gasteiger partial charge in [-0.3, -0.25) is 4.79 Å². The van der Waals surface area contributed by atoms with Crippen LogP contribution < -0.4 is 14.9 Å². The van der Waals surface area contributed by atoms with E-state index in [4.69, 9.17) is 9.47 Å². The molecule has 0 fully saturated rings. The van der Waals surface area contributed by atoms with E-state index in [0.717, 1.165) is 0 Å². The molecule has 0 unspecified atom stereocenters. The molecule has 6 heteroatoms. The van der Waals surface area contributed by atoms with Gasteiger partial charge in [-0.2, -0.15) is 5.10 Å². The van der Waals surface area contributed by atoms with Gasteiger partial charge in [-0.05, 0) is 51.1 Å². The number of phenols is 1. The molecule has 0 spiro atoms. The highest BCUT2D eigenvalue weighted by Crippen LogP contribution is 2.29. The van der Waals surface area contributed by atoms with Crippen LogP contribution >= 0.6 is 0 Å². The van der Waals surface area contributed by atoms with Crippen LogP contribution in [-0.2, 0) is 0 Å². The van der Waals surface area contributed by atoms with E-state index in [-0.39, 0.29) is 17.8 Å². The van der Waals surface area contributed by atoms with Crippen LogP contribution in [0.4, 0.5) is 0 Å². The normalized spacial score (nSPS) is 11.3. The molecule has 0 aliphatic rings. The average molecular weight is 342 g/mol. The number of hydrogen-bond donors (Lipinski definition) is 2. The number of hydrogen-bond acceptors (Lipinski definition) is 5. The zero-order valence-electron chi connectivity index (χ0n) is 14.7. The third-order valence-electron chi connectivity index (χ3n) is 3.41. The highest BCUT2D eigenvalue weighted by atomic mass is 16.5. The Balaban J connectivity index is 2.15. The van der Waals surface area contributed by atoms with E-state index >= 15 is 0 Å². The number of carbonyl (C=O) groups excluding carboxylic acids is 1. The van der Waals surface area contributed by atoms with Gasteiger partial charge in [-0.25, -0.2) is 5.43 Å². The van der Waals surface area contributed by atoms with Crippen molar-refractivity contribution in [3.63, 3.8) is 0 Å². The van der Waals surface area contributed by atoms with E-state index in [1.54, 1.807) is 49.4 Å². The van der Waals surface area contributed by atoms with Crippen LogP contribution in [0.2, 0.25) is 0 Å². The van der Waals surface area contributed by atoms with Gasteiger partial charge in [0.25, 0.3) is 5.91 Å². The predicted octanol–water partition coefficient (Wildman–Crippen LogP) is 3.34. The van der Waals surface area contributed by atoms with Crippen LogP contribution in [0.25, 0.3) is 0 Å². The second kappa shape index (κ2) is 8.19. The molecule has 0 saturated carbocycles. The van der Waals surface area contributed by atoms with E-state index < -0.39 is 0 Å². The highest BCUT2D eigenvalue weighted by Gasteiger charge is 2.12. The summed E-state index contributed by atoms with van der Waals surface area (Å²) < 4.78 is 10.9. The monoisotopic (exact) mass is 342 g/mol. The topological polar surface area (TPSA) is 80.2 Å². The number of methoxy groups -OCH3 is 1. The smallest absolute Gasteiger partial charge is 0.271 e. The summed E-state index contributed by atoms with van der Waals surface area (Å²) in [5, 5.41) is 13.9. The zero-order valence-corrected chi connectivity index (χ0v) is 14.7. The Morgan fingerprint density at radius 1 is 1.16 bits per heavy atom. The number of phenolic OH excluding ortho intramolecular Hbond substituents is 1. The number of carbonyl (C=O) groups is 1. The molecule has 132 valence electrons. The van der Waals surface area contributed by atoms with Gasteiger partial charge in [0.1, 0.15) is 5.75 Å². The predicted molar refractivity (Wildman–Crippen MR) is 96.5 cm³/mol. The number of nitrogens with zero attached hydrogens (tertiary/aromatic N) is 1. The van der Waals surface area contributed by atoms with Crippen LogP contribution in [0.15, 0.2) is 47.6 Å². The van der Waals surface area contributed by atoms with Crippen molar-refractivity contribution in [3.8, 4) is 17.2 Å². The Kier molecular flexibility index (Phi) is 6.00. The van der Waals surface area contributed by atoms with Crippen molar-refractivity contribution >= 4 is 11.6 Å². The molecule has 0 aliphatic heterocycles. The van der Waals surface area contributed by atoms with Crippen LogP contribution in [0.5, 0.6) is 17.2 Å². The standard InChI is InChI=1S/C19H22N2O4/c1-12(2)25-17-10-9-14(11-18(17)24-4)19(23)21-20-13(3)15-7-5-6-8-16(15)22/h5-12,22H,1-4H3,(H,21,23)/b20-13+. The van der Waals surface area contributed by atoms with E-state index in [9.17, 15) is 9.90 Å². The maximum absolute atomic E-state index is 12.3. The number of para-hydroxylation sites is 1. The van der Waals surface area contributed by atoms with Crippen LogP contribution in [0.1, 0.15) is 36.7 Å². The average Bonchev–Trinajstić information content (AvgIpc) is 2.59. The maximum atomic E-state index is 12.3. The maximum Gasteiger partial charge on any atom is 0.271 e. The van der Waals surface area contributed by atoms with Gasteiger partial charge in [-0.1, -0.05) is 12.1 Å². The lowest BCUT2D eigenvalue weighted by Crippen LogP contribution is -2.19. The van der Waals surface area contributed by atoms with Crippen LogP contribution in [-0.4, -0.2) is 29.9 Å². The summed E-state index contributed by atoms with van der Waals surface area (Å²) in [4.78, 5) is 12.3. The Bertz CT molecular complexity index is 785. The second-order valence-electron chi connectivity index (χ2n) is 5.69. The Morgan fingerprint density at radius 3 is 2.52 bits per heavy atom. The van der Waals surface area contributed by atoms with Gasteiger partial charge in [-0.15, -0.1) is 0 Å². The van der Waals surface area contributed by atoms with Gasteiger partial charge >= 0.3 is 0 Å². The molecule has 2 aromatic rings. The van der Waals surface area contributed by atoms with Gasteiger partial charge in [0, 0.05) is 11.1 Å². The van der Waals surface area contributed by atoms with E-state index in [2.05, 4.69) is 10.5 Å². The molecule has 0 saturated heterocycles. The Labute approximate surface area is 147 Å². The SMILES string of the molecule is COc1cc(C(=O)N/N=C(\C)c2ccccc2O)ccc1OC(C)C. The largest absolute Gasteiger partial charge is 0.507 e. The first-order valence-electron chi connectivity index (χ1n) is 7.90. The minimum Gasteiger partial charge on any atom is -0.507 e. The molecule has 25 heavy (non-hydrogen) atoms. The van der Waals surface area contributed by atoms with Crippen molar-refractivity contribution in [2.24, 2.45) is 5.10 Å². The molecule has 2 rings (SSSR count). The molecule has 6 nitrogen and oxygen atoms in total. The fourth-order valence-electron chi connectivity index (χ4n) is 2.20. The van der Waals surface area contributed by atoms with E-state index in [0.29, 0.717) is 28.3 Å². The van der Waals surface area contributed by atoms with Crippen molar-refractivity contribution in [3.05, 3.63) is 53.6 Å². The van der Waals surface area contributed by atoms with Crippen LogP contribution in [0, 0.1) is 0 Å². The summed E-state index contributed by atoms with van der Waals surface area (Å²) in [6.45, 7) is 5.53. The number of nitrogens with one attached hydrogen (secondary N) is 1. The molecular formula is C19H22N2O4. The third kappa shape index (κ3) is 4.73. The first-order valence-corrected chi connectivity index (χ1v) is 7.90. The summed E-state index contributed by atoms with van der Waals surface area (Å²) in [6, 6.07) is 11.7. The Morgan fingerprint density at radius 2 is 1.88 bits per heavy atom. The third-order valence-corrected chi connectivity index (χ3v) is 3.41. The first-order chi connectivity index (χ1) is 11.9. The summed E-state index contributed by atoms with van der Waals surface area (Å²) in [5.74, 6) is 0.768. The summed E-state index contributed by atoms with van der Waals surface area (Å²) in [7, 11) is 1.52. The number of hydrazone groups is 1. The van der Waals surface area contributed by atoms with Gasteiger partial charge in [0.15, 0.2) is 11.5 Å². The fourth-order valence-corrected chi connectivity index (χ4v) is 2.20. The van der Waals surface area contributed by atoms with Gasteiger partial charge in [0.05, 0.1) is 18.9 Å². The van der Waals surface area contributed by atoms with Crippen LogP contribution in [0.3, 0.4) is 0 Å². The fraction of sp³-hybridized carbons (Fsp3) is 0.263. The number of ether oxygens (including phenoxy) is 2. The van der Waals surface area contributed by atoms with E-state index in [1.807, 2.05) is 13.8 Å². The lowest BCUT2D eigenvalue weighted by atomic mass is 10.1. The number of rotatable bonds is 6. The number of amides is 1. The molecule has 0 bridgehead atoms. The van der Waals surface area contributed by atoms with E-state index in [1.165, 1.54) is 7.11 Å². The van der Waals surface area contributed by atoms with Crippen molar-refractivity contribution in [2.45, 2.75) is 26.9 Å². The summed E-state index contributed by atoms with van der Waals surface area (Å²) in [5.41, 5.74) is 3.92. The molecule has 2 N–H and O–H groups in total. The summed E-state index contributed by atoms with van der Waals surface area (Å²) in [6.07, 6.45) is -0.000578. The zero-order chi connectivity index (χ0) is 18.4. The molecule has 0 heterocycles. The molecule has 1 amide bonds. The minimum atomic E-state index is -0.385. The molecule has 0 aromatic heterocycles. The second-order valence-corrected chi connectivity index (χ2v) is 5.69. The number of aromatic hydroxyl groups is 1. The lowest BCUT2D eigenvalue weighted by molar-refractivity contribution is 0.0954. The quantitative estimate of drug-likeness (QED) is 0.623. The van der Waals surface area contributed by atoms with Gasteiger partial charge in [0.2, 0.25) is 0 Å². The molecular weight excluding hydrogens is 320 g/mol.